The van der Waals surface area contributed by atoms with E-state index < -0.39 is 0 Å². The van der Waals surface area contributed by atoms with Gasteiger partial charge in [-0.1, -0.05) is 15.9 Å². The summed E-state index contributed by atoms with van der Waals surface area (Å²) in [6.07, 6.45) is 1.84. The first-order valence-electron chi connectivity index (χ1n) is 6.51. The predicted octanol–water partition coefficient (Wildman–Crippen LogP) is 3.50. The predicted molar refractivity (Wildman–Crippen MR) is 85.6 cm³/mol. The zero-order chi connectivity index (χ0) is 13.9. The van der Waals surface area contributed by atoms with Crippen LogP contribution in [0.15, 0.2) is 29.8 Å². The van der Waals surface area contributed by atoms with Gasteiger partial charge in [-0.2, -0.15) is 0 Å². The molecule has 0 unspecified atom stereocenters. The number of nitrogens with zero attached hydrogens (tertiary/aromatic N) is 3. The standard InChI is InChI=1S/C14H15BrFN3S/c15-10-11-9-12(16)1-2-13(11)18-4-6-19(7-5-18)14-17-3-8-20-14/h1-3,8-9H,4-7,10H2. The number of hydrogen-bond acceptors (Lipinski definition) is 4. The molecule has 0 bridgehead atoms. The Balaban J connectivity index is 1.72. The van der Waals surface area contributed by atoms with Crippen molar-refractivity contribution < 1.29 is 4.39 Å². The Morgan fingerprint density at radius 1 is 1.20 bits per heavy atom. The van der Waals surface area contributed by atoms with Crippen LogP contribution >= 0.6 is 27.3 Å². The number of anilines is 2. The number of alkyl halides is 1. The van der Waals surface area contributed by atoms with Gasteiger partial charge in [-0.05, 0) is 23.8 Å². The summed E-state index contributed by atoms with van der Waals surface area (Å²) in [4.78, 5) is 8.98. The van der Waals surface area contributed by atoms with E-state index in [1.165, 1.54) is 6.07 Å². The van der Waals surface area contributed by atoms with Crippen LogP contribution in [0.5, 0.6) is 0 Å². The number of thiazole rings is 1. The van der Waals surface area contributed by atoms with Crippen molar-refractivity contribution in [3.8, 4) is 0 Å². The molecule has 6 heteroatoms. The molecular weight excluding hydrogens is 341 g/mol. The summed E-state index contributed by atoms with van der Waals surface area (Å²) >= 11 is 5.12. The van der Waals surface area contributed by atoms with Gasteiger partial charge in [0.25, 0.3) is 0 Å². The maximum atomic E-state index is 13.3. The molecule has 0 amide bonds. The maximum Gasteiger partial charge on any atom is 0.185 e. The molecule has 2 heterocycles. The SMILES string of the molecule is Fc1ccc(N2CCN(c3nccs3)CC2)c(CBr)c1. The van der Waals surface area contributed by atoms with Crippen LogP contribution in [-0.2, 0) is 5.33 Å². The average Bonchev–Trinajstić information content (AvgIpc) is 3.01. The number of aromatic nitrogens is 1. The molecule has 0 aliphatic carbocycles. The fourth-order valence-electron chi connectivity index (χ4n) is 2.48. The third-order valence-corrected chi connectivity index (χ3v) is 4.93. The molecule has 1 fully saturated rings. The van der Waals surface area contributed by atoms with Gasteiger partial charge in [0, 0.05) is 48.8 Å². The van der Waals surface area contributed by atoms with Crippen LogP contribution in [0.25, 0.3) is 0 Å². The summed E-state index contributed by atoms with van der Waals surface area (Å²) in [5, 5.41) is 3.77. The molecule has 0 N–H and O–H groups in total. The molecule has 1 saturated heterocycles. The lowest BCUT2D eigenvalue weighted by Gasteiger charge is -2.36. The molecule has 1 aliphatic heterocycles. The normalized spacial score (nSPS) is 15.7. The molecule has 3 nitrogen and oxygen atoms in total. The Morgan fingerprint density at radius 2 is 1.95 bits per heavy atom. The van der Waals surface area contributed by atoms with Crippen LogP contribution in [-0.4, -0.2) is 31.2 Å². The molecule has 106 valence electrons. The largest absolute Gasteiger partial charge is 0.368 e. The van der Waals surface area contributed by atoms with Gasteiger partial charge in [0.2, 0.25) is 0 Å². The van der Waals surface area contributed by atoms with Crippen molar-refractivity contribution in [2.45, 2.75) is 5.33 Å². The lowest BCUT2D eigenvalue weighted by atomic mass is 10.1. The van der Waals surface area contributed by atoms with E-state index in [0.29, 0.717) is 5.33 Å². The molecule has 1 aromatic carbocycles. The third-order valence-electron chi connectivity index (χ3n) is 3.50. The van der Waals surface area contributed by atoms with Crippen molar-refractivity contribution in [2.24, 2.45) is 0 Å². The van der Waals surface area contributed by atoms with Crippen LogP contribution in [0, 0.1) is 5.82 Å². The molecule has 1 aliphatic rings. The Hall–Kier alpha value is -1.14. The molecule has 0 atom stereocenters. The molecule has 0 spiro atoms. The first-order valence-corrected chi connectivity index (χ1v) is 8.52. The zero-order valence-electron chi connectivity index (χ0n) is 10.9. The highest BCUT2D eigenvalue weighted by Crippen LogP contribution is 2.26. The second-order valence-corrected chi connectivity index (χ2v) is 6.13. The summed E-state index contributed by atoms with van der Waals surface area (Å²) in [7, 11) is 0. The second-order valence-electron chi connectivity index (χ2n) is 4.70. The van der Waals surface area contributed by atoms with Crippen molar-refractivity contribution in [1.82, 2.24) is 4.98 Å². The van der Waals surface area contributed by atoms with Gasteiger partial charge in [-0.15, -0.1) is 11.3 Å². The number of benzene rings is 1. The number of rotatable bonds is 3. The highest BCUT2D eigenvalue weighted by Gasteiger charge is 2.20. The quantitative estimate of drug-likeness (QED) is 0.785. The lowest BCUT2D eigenvalue weighted by Crippen LogP contribution is -2.46. The fraction of sp³-hybridized carbons (Fsp3) is 0.357. The minimum atomic E-state index is -0.176. The van der Waals surface area contributed by atoms with Crippen LogP contribution in [0.3, 0.4) is 0 Å². The first kappa shape index (κ1) is 13.8. The van der Waals surface area contributed by atoms with Gasteiger partial charge < -0.3 is 9.80 Å². The third kappa shape index (κ3) is 2.81. The van der Waals surface area contributed by atoms with Gasteiger partial charge in [0.05, 0.1) is 0 Å². The lowest BCUT2D eigenvalue weighted by molar-refractivity contribution is 0.622. The topological polar surface area (TPSA) is 19.4 Å². The highest BCUT2D eigenvalue weighted by molar-refractivity contribution is 9.08. The number of halogens is 2. The van der Waals surface area contributed by atoms with E-state index in [1.807, 2.05) is 17.6 Å². The van der Waals surface area contributed by atoms with E-state index >= 15 is 0 Å². The van der Waals surface area contributed by atoms with Gasteiger partial charge in [-0.3, -0.25) is 0 Å². The van der Waals surface area contributed by atoms with Gasteiger partial charge >= 0.3 is 0 Å². The minimum absolute atomic E-state index is 0.176. The van der Waals surface area contributed by atoms with E-state index in [-0.39, 0.29) is 5.82 Å². The second kappa shape index (κ2) is 6.10. The van der Waals surface area contributed by atoms with E-state index in [9.17, 15) is 4.39 Å². The highest BCUT2D eigenvalue weighted by atomic mass is 79.9. The van der Waals surface area contributed by atoms with Crippen molar-refractivity contribution in [3.05, 3.63) is 41.2 Å². The van der Waals surface area contributed by atoms with E-state index in [1.54, 1.807) is 17.4 Å². The summed E-state index contributed by atoms with van der Waals surface area (Å²) in [5.74, 6) is -0.176. The van der Waals surface area contributed by atoms with Gasteiger partial charge in [-0.25, -0.2) is 9.37 Å². The van der Waals surface area contributed by atoms with E-state index in [0.717, 1.165) is 42.6 Å². The van der Waals surface area contributed by atoms with Crippen LogP contribution in [0.4, 0.5) is 15.2 Å². The summed E-state index contributed by atoms with van der Waals surface area (Å²) in [6.45, 7) is 3.77. The van der Waals surface area contributed by atoms with Gasteiger partial charge in [0.15, 0.2) is 5.13 Å². The molecule has 0 saturated carbocycles. The van der Waals surface area contributed by atoms with E-state index in [4.69, 9.17) is 0 Å². The summed E-state index contributed by atoms with van der Waals surface area (Å²) in [5.41, 5.74) is 2.13. The Morgan fingerprint density at radius 3 is 2.60 bits per heavy atom. The van der Waals surface area contributed by atoms with Crippen molar-refractivity contribution in [3.63, 3.8) is 0 Å². The maximum absolute atomic E-state index is 13.3. The molecule has 20 heavy (non-hydrogen) atoms. The smallest absolute Gasteiger partial charge is 0.185 e. The first-order chi connectivity index (χ1) is 9.78. The van der Waals surface area contributed by atoms with Crippen LogP contribution in [0.2, 0.25) is 0 Å². The summed E-state index contributed by atoms with van der Waals surface area (Å²) < 4.78 is 13.3. The van der Waals surface area contributed by atoms with Crippen LogP contribution in [0.1, 0.15) is 5.56 Å². The Kier molecular flexibility index (Phi) is 4.21. The zero-order valence-corrected chi connectivity index (χ0v) is 13.3. The fourth-order valence-corrected chi connectivity index (χ4v) is 3.63. The average molecular weight is 356 g/mol. The molecule has 3 rings (SSSR count). The molecule has 2 aromatic rings. The Bertz CT molecular complexity index is 568. The molecule has 1 aromatic heterocycles. The van der Waals surface area contributed by atoms with E-state index in [2.05, 4.69) is 30.7 Å². The van der Waals surface area contributed by atoms with Crippen LogP contribution < -0.4 is 9.80 Å². The van der Waals surface area contributed by atoms with Crippen molar-refractivity contribution in [1.29, 1.82) is 0 Å². The van der Waals surface area contributed by atoms with Gasteiger partial charge in [0.1, 0.15) is 5.82 Å². The molecule has 0 radical (unpaired) electrons. The Labute approximate surface area is 130 Å². The summed E-state index contributed by atoms with van der Waals surface area (Å²) in [6, 6.07) is 5.02. The molecular formula is C14H15BrFN3S. The monoisotopic (exact) mass is 355 g/mol. The number of piperazine rings is 1. The van der Waals surface area contributed by atoms with Crippen molar-refractivity contribution in [2.75, 3.05) is 36.0 Å². The number of hydrogen-bond donors (Lipinski definition) is 0. The van der Waals surface area contributed by atoms with Crippen molar-refractivity contribution >= 4 is 38.1 Å². The minimum Gasteiger partial charge on any atom is -0.368 e.